The quantitative estimate of drug-likeness (QED) is 0.595. The molecule has 2 aromatic heterocycles. The summed E-state index contributed by atoms with van der Waals surface area (Å²) in [7, 11) is 0. The molecule has 1 aliphatic rings. The monoisotopic (exact) mass is 427 g/mol. The minimum atomic E-state index is -0.159. The summed E-state index contributed by atoms with van der Waals surface area (Å²) in [5.41, 5.74) is 8.60. The molecule has 6 nitrogen and oxygen atoms in total. The van der Waals surface area contributed by atoms with Crippen molar-refractivity contribution < 1.29 is 4.79 Å². The van der Waals surface area contributed by atoms with E-state index < -0.39 is 0 Å². The summed E-state index contributed by atoms with van der Waals surface area (Å²) in [6.45, 7) is 0. The van der Waals surface area contributed by atoms with Gasteiger partial charge < -0.3 is 11.1 Å². The first-order chi connectivity index (χ1) is 13.6. The van der Waals surface area contributed by atoms with Crippen LogP contribution in [0.25, 0.3) is 0 Å². The molecule has 1 aliphatic carbocycles. The van der Waals surface area contributed by atoms with Crippen molar-refractivity contribution >= 4 is 50.5 Å². The molecule has 1 aromatic carbocycles. The Balaban J connectivity index is 1.46. The predicted molar refractivity (Wildman–Crippen MR) is 114 cm³/mol. The van der Waals surface area contributed by atoms with Gasteiger partial charge in [0.25, 0.3) is 0 Å². The van der Waals surface area contributed by atoms with E-state index in [1.165, 1.54) is 44.9 Å². The minimum Gasteiger partial charge on any atom is -0.374 e. The van der Waals surface area contributed by atoms with E-state index in [4.69, 9.17) is 5.73 Å². The highest BCUT2D eigenvalue weighted by molar-refractivity contribution is 8.01. The highest BCUT2D eigenvalue weighted by Gasteiger charge is 2.27. The zero-order valence-corrected chi connectivity index (χ0v) is 17.3. The van der Waals surface area contributed by atoms with Crippen molar-refractivity contribution in [1.29, 1.82) is 5.26 Å². The lowest BCUT2D eigenvalue weighted by atomic mass is 9.83. The molecule has 28 heavy (non-hydrogen) atoms. The summed E-state index contributed by atoms with van der Waals surface area (Å²) in [4.78, 5) is 13.6. The third-order valence-corrected chi connectivity index (χ3v) is 7.71. The number of thioether (sulfide) groups is 1. The van der Waals surface area contributed by atoms with E-state index in [1.807, 2.05) is 6.07 Å². The molecule has 0 aliphatic heterocycles. The summed E-state index contributed by atoms with van der Waals surface area (Å²) >= 11 is 4.07. The Morgan fingerprint density at radius 3 is 2.86 bits per heavy atom. The lowest BCUT2D eigenvalue weighted by Gasteiger charge is -2.22. The number of nitrogens with one attached hydrogen (secondary N) is 1. The van der Waals surface area contributed by atoms with Gasteiger partial charge in [0.05, 0.1) is 11.3 Å². The number of hydrogen-bond donors (Lipinski definition) is 2. The van der Waals surface area contributed by atoms with Gasteiger partial charge in [0.1, 0.15) is 11.1 Å². The summed E-state index contributed by atoms with van der Waals surface area (Å²) in [5, 5.41) is 21.2. The van der Waals surface area contributed by atoms with Crippen LogP contribution in [0.15, 0.2) is 34.7 Å². The van der Waals surface area contributed by atoms with E-state index in [0.717, 1.165) is 24.8 Å². The molecule has 0 bridgehead atoms. The van der Waals surface area contributed by atoms with Crippen molar-refractivity contribution in [2.75, 3.05) is 16.8 Å². The van der Waals surface area contributed by atoms with Gasteiger partial charge in [-0.3, -0.25) is 4.79 Å². The normalized spacial score (nSPS) is 15.6. The van der Waals surface area contributed by atoms with Gasteiger partial charge in [-0.1, -0.05) is 53.4 Å². The first kappa shape index (κ1) is 18.9. The molecule has 3 aromatic rings. The standard InChI is InChI=1S/C19H17N5OS3/c20-9-14-13-7-6-12(11-4-2-1-3-5-11)8-15(13)27-17(14)22-16(25)10-26-19-24-23-18(21)28-19/h1-5,12H,6-8,10H2,(H2,21,23)(H,22,25)/t12-/m0/s1. The number of anilines is 2. The predicted octanol–water partition coefficient (Wildman–Crippen LogP) is 4.06. The van der Waals surface area contributed by atoms with Crippen LogP contribution in [-0.2, 0) is 17.6 Å². The number of hydrogen-bond acceptors (Lipinski definition) is 8. The maximum absolute atomic E-state index is 12.3. The van der Waals surface area contributed by atoms with Gasteiger partial charge in [0.2, 0.25) is 11.0 Å². The maximum atomic E-state index is 12.3. The Kier molecular flexibility index (Phi) is 5.62. The molecule has 9 heteroatoms. The molecule has 0 spiro atoms. The number of nitriles is 1. The van der Waals surface area contributed by atoms with Crippen molar-refractivity contribution in [2.24, 2.45) is 0 Å². The molecule has 0 saturated carbocycles. The second-order valence-electron chi connectivity index (χ2n) is 6.41. The Morgan fingerprint density at radius 2 is 2.14 bits per heavy atom. The fourth-order valence-corrected chi connectivity index (χ4v) is 6.10. The largest absolute Gasteiger partial charge is 0.374 e. The van der Waals surface area contributed by atoms with E-state index in [2.05, 4.69) is 45.8 Å². The molecule has 3 N–H and O–H groups in total. The van der Waals surface area contributed by atoms with Crippen LogP contribution in [-0.4, -0.2) is 21.9 Å². The van der Waals surface area contributed by atoms with E-state index in [1.54, 1.807) is 0 Å². The van der Waals surface area contributed by atoms with Gasteiger partial charge in [-0.05, 0) is 36.3 Å². The van der Waals surface area contributed by atoms with Crippen LogP contribution < -0.4 is 11.1 Å². The number of carbonyl (C=O) groups excluding carboxylic acids is 1. The Bertz CT molecular complexity index is 1040. The number of fused-ring (bicyclic) bond motifs is 1. The summed E-state index contributed by atoms with van der Waals surface area (Å²) in [6, 6.07) is 12.8. The van der Waals surface area contributed by atoms with Crippen molar-refractivity contribution in [3.8, 4) is 6.07 Å². The van der Waals surface area contributed by atoms with Crippen molar-refractivity contribution in [2.45, 2.75) is 29.5 Å². The number of nitrogens with two attached hydrogens (primary N) is 1. The van der Waals surface area contributed by atoms with Crippen LogP contribution in [0.2, 0.25) is 0 Å². The summed E-state index contributed by atoms with van der Waals surface area (Å²) in [5.74, 6) is 0.503. The molecule has 1 amide bonds. The Morgan fingerprint density at radius 1 is 1.32 bits per heavy atom. The highest BCUT2D eigenvalue weighted by atomic mass is 32.2. The highest BCUT2D eigenvalue weighted by Crippen LogP contribution is 2.42. The smallest absolute Gasteiger partial charge is 0.235 e. The average Bonchev–Trinajstić information content (AvgIpc) is 3.28. The molecular formula is C19H17N5OS3. The van der Waals surface area contributed by atoms with Crippen LogP contribution in [0.3, 0.4) is 0 Å². The van der Waals surface area contributed by atoms with E-state index >= 15 is 0 Å². The lowest BCUT2D eigenvalue weighted by Crippen LogP contribution is -2.14. The molecule has 0 unspecified atom stereocenters. The van der Waals surface area contributed by atoms with Crippen molar-refractivity contribution in [3.05, 3.63) is 51.9 Å². The van der Waals surface area contributed by atoms with E-state index in [9.17, 15) is 10.1 Å². The molecule has 0 fully saturated rings. The lowest BCUT2D eigenvalue weighted by molar-refractivity contribution is -0.113. The zero-order valence-electron chi connectivity index (χ0n) is 14.8. The number of benzene rings is 1. The third-order valence-electron chi connectivity index (χ3n) is 4.65. The van der Waals surface area contributed by atoms with Crippen LogP contribution in [0.4, 0.5) is 10.1 Å². The first-order valence-electron chi connectivity index (χ1n) is 8.75. The van der Waals surface area contributed by atoms with Gasteiger partial charge >= 0.3 is 0 Å². The SMILES string of the molecule is N#Cc1c(NC(=O)CSc2nnc(N)s2)sc2c1CC[C@H](c1ccccc1)C2. The first-order valence-corrected chi connectivity index (χ1v) is 11.4. The number of amides is 1. The Hall–Kier alpha value is -2.41. The average molecular weight is 428 g/mol. The van der Waals surface area contributed by atoms with Crippen LogP contribution >= 0.6 is 34.4 Å². The molecule has 0 radical (unpaired) electrons. The number of aromatic nitrogens is 2. The van der Waals surface area contributed by atoms with Crippen molar-refractivity contribution in [3.63, 3.8) is 0 Å². The molecule has 142 valence electrons. The topological polar surface area (TPSA) is 105 Å². The fraction of sp³-hybridized carbons (Fsp3) is 0.263. The third kappa shape index (κ3) is 4.04. The molecule has 0 saturated heterocycles. The number of thiophene rings is 1. The van der Waals surface area contributed by atoms with Gasteiger partial charge in [-0.15, -0.1) is 21.5 Å². The van der Waals surface area contributed by atoms with Gasteiger partial charge in [0.15, 0.2) is 4.34 Å². The summed E-state index contributed by atoms with van der Waals surface area (Å²) in [6.07, 6.45) is 2.79. The van der Waals surface area contributed by atoms with E-state index in [-0.39, 0.29) is 11.7 Å². The van der Waals surface area contributed by atoms with Crippen LogP contribution in [0.5, 0.6) is 0 Å². The minimum absolute atomic E-state index is 0.159. The molecule has 1 atom stereocenters. The maximum Gasteiger partial charge on any atom is 0.235 e. The number of nitrogens with zero attached hydrogens (tertiary/aromatic N) is 3. The van der Waals surface area contributed by atoms with Crippen LogP contribution in [0, 0.1) is 11.3 Å². The second-order valence-corrected chi connectivity index (χ2v) is 9.75. The number of carbonyl (C=O) groups is 1. The number of nitrogen functional groups attached to an aromatic ring is 1. The van der Waals surface area contributed by atoms with Crippen molar-refractivity contribution in [1.82, 2.24) is 10.2 Å². The second kappa shape index (κ2) is 8.31. The van der Waals surface area contributed by atoms with Crippen LogP contribution in [0.1, 0.15) is 33.9 Å². The zero-order chi connectivity index (χ0) is 19.5. The molecule has 4 rings (SSSR count). The fourth-order valence-electron chi connectivity index (χ4n) is 3.37. The van der Waals surface area contributed by atoms with E-state index in [0.29, 0.717) is 26.0 Å². The molecular weight excluding hydrogens is 410 g/mol. The molecule has 2 heterocycles. The van der Waals surface area contributed by atoms with Gasteiger partial charge in [0, 0.05) is 4.88 Å². The van der Waals surface area contributed by atoms with Gasteiger partial charge in [-0.2, -0.15) is 5.26 Å². The Labute approximate surface area is 174 Å². The van der Waals surface area contributed by atoms with Gasteiger partial charge in [-0.25, -0.2) is 0 Å². The summed E-state index contributed by atoms with van der Waals surface area (Å²) < 4.78 is 0.657. The number of rotatable bonds is 5.